The van der Waals surface area contributed by atoms with Crippen molar-refractivity contribution in [3.8, 4) is 5.75 Å². The molecule has 0 spiro atoms. The second-order valence-corrected chi connectivity index (χ2v) is 12.0. The molecule has 2 unspecified atom stereocenters. The van der Waals surface area contributed by atoms with Crippen LogP contribution < -0.4 is 15.0 Å². The summed E-state index contributed by atoms with van der Waals surface area (Å²) in [4.78, 5) is 18.6. The summed E-state index contributed by atoms with van der Waals surface area (Å²) >= 11 is 0. The van der Waals surface area contributed by atoms with Crippen LogP contribution in [-0.2, 0) is 10.2 Å². The van der Waals surface area contributed by atoms with Crippen LogP contribution in [0.4, 0.5) is 5.69 Å². The minimum atomic E-state index is -0.135. The predicted molar refractivity (Wildman–Crippen MR) is 145 cm³/mol. The summed E-state index contributed by atoms with van der Waals surface area (Å²) in [6.07, 6.45) is 8.20. The molecule has 4 aliphatic carbocycles. The van der Waals surface area contributed by atoms with Crippen molar-refractivity contribution in [2.45, 2.75) is 50.4 Å². The molecule has 192 valence electrons. The van der Waals surface area contributed by atoms with Gasteiger partial charge in [0.2, 0.25) is 5.91 Å². The highest BCUT2D eigenvalue weighted by atomic mass is 16.5. The van der Waals surface area contributed by atoms with Crippen LogP contribution >= 0.6 is 0 Å². The van der Waals surface area contributed by atoms with Gasteiger partial charge in [0.1, 0.15) is 5.75 Å². The summed E-state index contributed by atoms with van der Waals surface area (Å²) in [5.41, 5.74) is 2.84. The molecule has 4 atom stereocenters. The van der Waals surface area contributed by atoms with Gasteiger partial charge in [0, 0.05) is 38.4 Å². The van der Waals surface area contributed by atoms with Crippen molar-refractivity contribution in [2.75, 3.05) is 51.3 Å². The molecule has 4 saturated carbocycles. The topological polar surface area (TPSA) is 44.8 Å². The number of carbonyl (C=O) groups is 1. The lowest BCUT2D eigenvalue weighted by Crippen LogP contribution is -2.59. The van der Waals surface area contributed by atoms with Crippen molar-refractivity contribution >= 4 is 11.6 Å². The number of anilines is 1. The van der Waals surface area contributed by atoms with E-state index in [0.29, 0.717) is 5.91 Å². The number of benzene rings is 2. The average Bonchev–Trinajstić information content (AvgIpc) is 2.91. The van der Waals surface area contributed by atoms with Crippen molar-refractivity contribution in [3.05, 3.63) is 60.2 Å². The number of carbonyl (C=O) groups excluding carboxylic acids is 1. The molecule has 4 bridgehead atoms. The lowest BCUT2D eigenvalue weighted by molar-refractivity contribution is -0.149. The Bertz CT molecular complexity index is 1030. The zero-order chi connectivity index (χ0) is 24.6. The molecule has 1 saturated heterocycles. The fourth-order valence-electron chi connectivity index (χ4n) is 8.37. The van der Waals surface area contributed by atoms with Gasteiger partial charge in [-0.3, -0.25) is 9.69 Å². The maximum atomic E-state index is 13.6. The quantitative estimate of drug-likeness (QED) is 0.540. The molecular weight excluding hydrogens is 446 g/mol. The summed E-state index contributed by atoms with van der Waals surface area (Å²) in [7, 11) is 1.71. The molecule has 7 rings (SSSR count). The second kappa shape index (κ2) is 9.74. The number of rotatable bonds is 8. The van der Waals surface area contributed by atoms with E-state index in [1.54, 1.807) is 7.11 Å². The fraction of sp³-hybridized carbons (Fsp3) is 0.581. The molecular formula is C31H41N3O2. The van der Waals surface area contributed by atoms with Crippen LogP contribution in [0.25, 0.3) is 0 Å². The number of methoxy groups -OCH3 is 1. The zero-order valence-corrected chi connectivity index (χ0v) is 21.8. The molecule has 1 N–H and O–H groups in total. The van der Waals surface area contributed by atoms with Crippen LogP contribution in [0.15, 0.2) is 54.6 Å². The molecule has 36 heavy (non-hydrogen) atoms. The predicted octanol–water partition coefficient (Wildman–Crippen LogP) is 4.86. The Hall–Kier alpha value is -2.53. The van der Waals surface area contributed by atoms with Gasteiger partial charge >= 0.3 is 0 Å². The Morgan fingerprint density at radius 2 is 1.64 bits per heavy atom. The van der Waals surface area contributed by atoms with Gasteiger partial charge < -0.3 is 15.0 Å². The highest BCUT2D eigenvalue weighted by Crippen LogP contribution is 2.65. The van der Waals surface area contributed by atoms with E-state index in [0.717, 1.165) is 82.5 Å². The van der Waals surface area contributed by atoms with Crippen LogP contribution in [0.2, 0.25) is 0 Å². The third-order valence-electron chi connectivity index (χ3n) is 9.68. The molecule has 5 aliphatic rings. The Morgan fingerprint density at radius 1 is 0.944 bits per heavy atom. The maximum Gasteiger partial charge on any atom is 0.226 e. The van der Waals surface area contributed by atoms with E-state index < -0.39 is 0 Å². The lowest BCUT2D eigenvalue weighted by atomic mass is 9.42. The van der Waals surface area contributed by atoms with Gasteiger partial charge in [0.25, 0.3) is 0 Å². The maximum absolute atomic E-state index is 13.6. The zero-order valence-electron chi connectivity index (χ0n) is 21.8. The highest BCUT2D eigenvalue weighted by molar-refractivity contribution is 5.83. The first-order valence-electron chi connectivity index (χ1n) is 14.0. The monoisotopic (exact) mass is 487 g/mol. The van der Waals surface area contributed by atoms with Gasteiger partial charge in [-0.15, -0.1) is 0 Å². The Morgan fingerprint density at radius 3 is 2.31 bits per heavy atom. The Kier molecular flexibility index (Phi) is 6.45. The molecule has 1 aliphatic heterocycles. The van der Waals surface area contributed by atoms with E-state index in [-0.39, 0.29) is 10.8 Å². The van der Waals surface area contributed by atoms with E-state index in [9.17, 15) is 4.79 Å². The van der Waals surface area contributed by atoms with Gasteiger partial charge in [-0.2, -0.15) is 0 Å². The van der Waals surface area contributed by atoms with Gasteiger partial charge in [-0.25, -0.2) is 0 Å². The minimum absolute atomic E-state index is 0.135. The third-order valence-corrected chi connectivity index (χ3v) is 9.68. The van der Waals surface area contributed by atoms with Gasteiger partial charge in [-0.05, 0) is 98.6 Å². The van der Waals surface area contributed by atoms with Crippen LogP contribution in [0, 0.1) is 17.3 Å². The number of ether oxygens (including phenoxy) is 1. The van der Waals surface area contributed by atoms with E-state index in [1.807, 2.05) is 12.1 Å². The number of amides is 1. The summed E-state index contributed by atoms with van der Waals surface area (Å²) < 4.78 is 5.28. The number of nitrogens with zero attached hydrogens (tertiary/aromatic N) is 2. The van der Waals surface area contributed by atoms with Crippen LogP contribution in [0.1, 0.15) is 50.5 Å². The molecule has 1 heterocycles. The summed E-state index contributed by atoms with van der Waals surface area (Å²) in [6, 6.07) is 19.5. The first kappa shape index (κ1) is 23.8. The molecule has 5 fully saturated rings. The minimum Gasteiger partial charge on any atom is -0.497 e. The number of hydrogen-bond donors (Lipinski definition) is 1. The number of nitrogens with one attached hydrogen (secondary N) is 1. The van der Waals surface area contributed by atoms with E-state index in [1.165, 1.54) is 30.5 Å². The SMILES string of the molecule is COc1ccc(N2CCN(CCCNC(=O)C34C[C@H]5C[C@@H](C3)CC(c3ccccc3)(C5)C4)CC2)cc1. The average molecular weight is 488 g/mol. The van der Waals surface area contributed by atoms with Crippen molar-refractivity contribution < 1.29 is 9.53 Å². The number of hydrogen-bond acceptors (Lipinski definition) is 4. The molecule has 0 aromatic heterocycles. The van der Waals surface area contributed by atoms with Gasteiger partial charge in [0.15, 0.2) is 0 Å². The Labute approximate surface area is 216 Å². The largest absolute Gasteiger partial charge is 0.497 e. The van der Waals surface area contributed by atoms with Crippen molar-refractivity contribution in [1.82, 2.24) is 10.2 Å². The first-order valence-corrected chi connectivity index (χ1v) is 14.0. The van der Waals surface area contributed by atoms with Crippen molar-refractivity contribution in [2.24, 2.45) is 17.3 Å². The molecule has 2 aromatic rings. The molecule has 0 radical (unpaired) electrons. The van der Waals surface area contributed by atoms with E-state index >= 15 is 0 Å². The van der Waals surface area contributed by atoms with Gasteiger partial charge in [-0.1, -0.05) is 30.3 Å². The van der Waals surface area contributed by atoms with Crippen LogP contribution in [0.3, 0.4) is 0 Å². The fourth-order valence-corrected chi connectivity index (χ4v) is 8.37. The van der Waals surface area contributed by atoms with E-state index in [4.69, 9.17) is 4.74 Å². The molecule has 5 nitrogen and oxygen atoms in total. The lowest BCUT2D eigenvalue weighted by Gasteiger charge is -2.61. The van der Waals surface area contributed by atoms with Crippen molar-refractivity contribution in [3.63, 3.8) is 0 Å². The summed E-state index contributed by atoms with van der Waals surface area (Å²) in [5, 5.41) is 3.41. The third kappa shape index (κ3) is 4.51. The standard InChI is InChI=1S/C31H41N3O2/c1-36-28-10-8-27(9-11-28)34-16-14-33(15-17-34)13-5-12-32-29(35)31-21-24-18-25(22-31)20-30(19-24,23-31)26-6-3-2-4-7-26/h2-4,6-11,24-25H,5,12-23H2,1H3,(H,32,35)/t24-,25+,30?,31?. The molecule has 5 heteroatoms. The van der Waals surface area contributed by atoms with Crippen LogP contribution in [-0.4, -0.2) is 57.2 Å². The summed E-state index contributed by atoms with van der Waals surface area (Å²) in [6.45, 7) is 6.11. The Balaban J connectivity index is 0.988. The number of piperazine rings is 1. The van der Waals surface area contributed by atoms with E-state index in [2.05, 4.69) is 57.6 Å². The second-order valence-electron chi connectivity index (χ2n) is 12.0. The smallest absolute Gasteiger partial charge is 0.226 e. The normalized spacial score (nSPS) is 31.4. The molecule has 2 aromatic carbocycles. The summed E-state index contributed by atoms with van der Waals surface area (Å²) in [5.74, 6) is 2.70. The molecule has 1 amide bonds. The van der Waals surface area contributed by atoms with Crippen LogP contribution in [0.5, 0.6) is 5.75 Å². The van der Waals surface area contributed by atoms with Crippen molar-refractivity contribution in [1.29, 1.82) is 0 Å². The highest BCUT2D eigenvalue weighted by Gasteiger charge is 2.60. The first-order chi connectivity index (χ1) is 17.6. The van der Waals surface area contributed by atoms with Gasteiger partial charge in [0.05, 0.1) is 12.5 Å².